The number of aromatic nitrogens is 1. The largest absolute Gasteiger partial charge is 0.309 e. The first-order chi connectivity index (χ1) is 20.2. The number of nitrogens with zero attached hydrogens (tertiary/aromatic N) is 2. The fraction of sp³-hybridized carbons (Fsp3) is 0. The van der Waals surface area contributed by atoms with Gasteiger partial charge in [0.2, 0.25) is 0 Å². The Hall–Kier alpha value is -5.65. The van der Waals surface area contributed by atoms with Crippen LogP contribution in [0.4, 0.5) is 5.69 Å². The normalized spacial score (nSPS) is 11.9. The van der Waals surface area contributed by atoms with Crippen LogP contribution in [0.5, 0.6) is 0 Å². The molecule has 0 unspecified atom stereocenters. The summed E-state index contributed by atoms with van der Waals surface area (Å²) in [6.45, 7) is 7.50. The monoisotopic (exact) mass is 518 g/mol. The van der Waals surface area contributed by atoms with Crippen molar-refractivity contribution in [3.8, 4) is 39.1 Å². The van der Waals surface area contributed by atoms with Gasteiger partial charge >= 0.3 is 0 Å². The van der Waals surface area contributed by atoms with Gasteiger partial charge in [0.15, 0.2) is 5.69 Å². The number of para-hydroxylation sites is 1. The van der Waals surface area contributed by atoms with Gasteiger partial charge < -0.3 is 4.57 Å². The number of rotatable bonds is 2. The Morgan fingerprint density at radius 1 is 0.439 bits per heavy atom. The predicted octanol–water partition coefficient (Wildman–Crippen LogP) is 11.0. The second-order valence-electron chi connectivity index (χ2n) is 10.9. The fourth-order valence-electron chi connectivity index (χ4n) is 6.67. The highest BCUT2D eigenvalue weighted by molar-refractivity contribution is 6.13. The van der Waals surface area contributed by atoms with E-state index in [0.717, 1.165) is 22.1 Å². The van der Waals surface area contributed by atoms with Crippen molar-refractivity contribution in [3.63, 3.8) is 0 Å². The van der Waals surface area contributed by atoms with Crippen LogP contribution in [-0.2, 0) is 0 Å². The average molecular weight is 519 g/mol. The molecule has 7 aromatic carbocycles. The summed E-state index contributed by atoms with van der Waals surface area (Å²) >= 11 is 0. The fourth-order valence-corrected chi connectivity index (χ4v) is 6.67. The summed E-state index contributed by atoms with van der Waals surface area (Å²) in [7, 11) is 0. The van der Waals surface area contributed by atoms with Crippen molar-refractivity contribution in [1.82, 2.24) is 4.57 Å². The zero-order valence-electron chi connectivity index (χ0n) is 22.1. The molecular weight excluding hydrogens is 496 g/mol. The van der Waals surface area contributed by atoms with Gasteiger partial charge in [-0.2, -0.15) is 0 Å². The minimum atomic E-state index is 0.667. The van der Waals surface area contributed by atoms with Gasteiger partial charge in [0.05, 0.1) is 17.6 Å². The van der Waals surface area contributed by atoms with Crippen LogP contribution in [0, 0.1) is 6.57 Å². The van der Waals surface area contributed by atoms with Gasteiger partial charge in [0.1, 0.15) is 0 Å². The molecule has 2 nitrogen and oxygen atoms in total. The molecule has 1 heterocycles. The first-order valence-electron chi connectivity index (χ1n) is 13.9. The van der Waals surface area contributed by atoms with Crippen LogP contribution in [-0.4, -0.2) is 4.57 Å². The molecule has 2 heteroatoms. The SMILES string of the molecule is [C-]#[N+]c1ccc2c(c1)c1ccccc1n2-c1ccc2cc3c(cc2c1)-c1cc2cc(-c4ccccc4)ccc2cc1-3. The van der Waals surface area contributed by atoms with E-state index in [9.17, 15) is 0 Å². The number of hydrogen-bond donors (Lipinski definition) is 0. The molecule has 1 aliphatic carbocycles. The van der Waals surface area contributed by atoms with Crippen molar-refractivity contribution in [2.45, 2.75) is 0 Å². The first-order valence-corrected chi connectivity index (χ1v) is 13.9. The van der Waals surface area contributed by atoms with Crippen molar-refractivity contribution < 1.29 is 0 Å². The summed E-state index contributed by atoms with van der Waals surface area (Å²) in [4.78, 5) is 3.67. The van der Waals surface area contributed by atoms with E-state index in [1.54, 1.807) is 0 Å². The molecule has 41 heavy (non-hydrogen) atoms. The van der Waals surface area contributed by atoms with Gasteiger partial charge in [-0.3, -0.25) is 0 Å². The van der Waals surface area contributed by atoms with E-state index in [0.29, 0.717) is 5.69 Å². The zero-order chi connectivity index (χ0) is 27.1. The van der Waals surface area contributed by atoms with Gasteiger partial charge in [0.25, 0.3) is 0 Å². The highest BCUT2D eigenvalue weighted by Gasteiger charge is 2.24. The number of hydrogen-bond acceptors (Lipinski definition) is 0. The lowest BCUT2D eigenvalue weighted by Crippen LogP contribution is -2.00. The van der Waals surface area contributed by atoms with Gasteiger partial charge in [-0.1, -0.05) is 72.8 Å². The molecule has 0 N–H and O–H groups in total. The molecular formula is C39H22N2. The van der Waals surface area contributed by atoms with Crippen molar-refractivity contribution in [3.05, 3.63) is 145 Å². The summed E-state index contributed by atoms with van der Waals surface area (Å²) < 4.78 is 2.32. The predicted molar refractivity (Wildman–Crippen MR) is 172 cm³/mol. The molecule has 1 aliphatic rings. The molecule has 1 aromatic heterocycles. The van der Waals surface area contributed by atoms with Crippen molar-refractivity contribution in [2.24, 2.45) is 0 Å². The van der Waals surface area contributed by atoms with E-state index in [2.05, 4.69) is 131 Å². The molecule has 0 saturated heterocycles. The van der Waals surface area contributed by atoms with Crippen molar-refractivity contribution >= 4 is 49.0 Å². The van der Waals surface area contributed by atoms with Crippen LogP contribution in [0.15, 0.2) is 133 Å². The maximum absolute atomic E-state index is 7.50. The number of benzene rings is 7. The summed E-state index contributed by atoms with van der Waals surface area (Å²) in [6.07, 6.45) is 0. The summed E-state index contributed by atoms with van der Waals surface area (Å²) in [6, 6.07) is 48.0. The average Bonchev–Trinajstić information content (AvgIpc) is 3.36. The molecule has 0 bridgehead atoms. The van der Waals surface area contributed by atoms with Crippen molar-refractivity contribution in [2.75, 3.05) is 0 Å². The van der Waals surface area contributed by atoms with Crippen molar-refractivity contribution in [1.29, 1.82) is 0 Å². The van der Waals surface area contributed by atoms with E-state index in [-0.39, 0.29) is 0 Å². The lowest BCUT2D eigenvalue weighted by Gasteiger charge is -2.26. The van der Waals surface area contributed by atoms with E-state index in [1.165, 1.54) is 60.3 Å². The summed E-state index contributed by atoms with van der Waals surface area (Å²) in [5.74, 6) is 0. The van der Waals surface area contributed by atoms with Gasteiger partial charge in [-0.15, -0.1) is 0 Å². The molecule has 0 saturated carbocycles. The first kappa shape index (κ1) is 22.2. The quantitative estimate of drug-likeness (QED) is 0.201. The second-order valence-corrected chi connectivity index (χ2v) is 10.9. The summed E-state index contributed by atoms with van der Waals surface area (Å²) in [5.41, 5.74) is 11.9. The molecule has 0 aliphatic heterocycles. The van der Waals surface area contributed by atoms with Crippen LogP contribution < -0.4 is 0 Å². The third-order valence-electron chi connectivity index (χ3n) is 8.67. The Labute approximate surface area is 237 Å². The lowest BCUT2D eigenvalue weighted by molar-refractivity contribution is 1.19. The van der Waals surface area contributed by atoms with Crippen LogP contribution >= 0.6 is 0 Å². The van der Waals surface area contributed by atoms with E-state index >= 15 is 0 Å². The molecule has 0 radical (unpaired) electrons. The maximum atomic E-state index is 7.50. The van der Waals surface area contributed by atoms with E-state index in [4.69, 9.17) is 6.57 Å². The van der Waals surface area contributed by atoms with Crippen LogP contribution in [0.1, 0.15) is 0 Å². The minimum Gasteiger partial charge on any atom is -0.309 e. The van der Waals surface area contributed by atoms with Gasteiger partial charge in [-0.05, 0) is 121 Å². The lowest BCUT2D eigenvalue weighted by atomic mass is 9.77. The Bertz CT molecular complexity index is 2420. The van der Waals surface area contributed by atoms with Crippen LogP contribution in [0.25, 0.3) is 87.3 Å². The Morgan fingerprint density at radius 2 is 1.07 bits per heavy atom. The zero-order valence-corrected chi connectivity index (χ0v) is 22.1. The third-order valence-corrected chi connectivity index (χ3v) is 8.67. The Balaban J connectivity index is 1.20. The third kappa shape index (κ3) is 3.18. The highest BCUT2D eigenvalue weighted by Crippen LogP contribution is 2.50. The topological polar surface area (TPSA) is 9.29 Å². The number of fused-ring (bicyclic) bond motifs is 9. The smallest absolute Gasteiger partial charge is 0.188 e. The Morgan fingerprint density at radius 3 is 1.83 bits per heavy atom. The van der Waals surface area contributed by atoms with E-state index < -0.39 is 0 Å². The second kappa shape index (κ2) is 8.18. The highest BCUT2D eigenvalue weighted by atomic mass is 15.0. The molecule has 0 fully saturated rings. The van der Waals surface area contributed by atoms with E-state index in [1.807, 2.05) is 12.1 Å². The van der Waals surface area contributed by atoms with Gasteiger partial charge in [0, 0.05) is 11.1 Å². The Kier molecular flexibility index (Phi) is 4.43. The molecule has 0 atom stereocenters. The molecule has 0 spiro atoms. The standard InChI is InChI=1S/C39H22N2/c1-40-30-14-16-39-37(23-30)32-9-5-6-10-38(32)41(39)31-15-13-27-20-34-33-19-26-12-11-25(24-7-3-2-4-8-24)17-28(26)21-35(33)36(34)22-29(27)18-31/h2-23H. The summed E-state index contributed by atoms with van der Waals surface area (Å²) in [5, 5.41) is 7.30. The molecule has 188 valence electrons. The maximum Gasteiger partial charge on any atom is 0.188 e. The van der Waals surface area contributed by atoms with Crippen LogP contribution in [0.3, 0.4) is 0 Å². The van der Waals surface area contributed by atoms with Gasteiger partial charge in [-0.25, -0.2) is 4.85 Å². The minimum absolute atomic E-state index is 0.667. The molecule has 8 aromatic rings. The molecule has 9 rings (SSSR count). The van der Waals surface area contributed by atoms with Crippen LogP contribution in [0.2, 0.25) is 0 Å². The molecule has 0 amide bonds.